The average molecular weight is 604 g/mol. The number of carbonyl (C=O) groups is 5. The van der Waals surface area contributed by atoms with Gasteiger partial charge < -0.3 is 31.3 Å². The van der Waals surface area contributed by atoms with Crippen molar-refractivity contribution in [2.24, 2.45) is 0 Å². The van der Waals surface area contributed by atoms with Crippen molar-refractivity contribution in [2.75, 3.05) is 19.6 Å². The molecule has 0 aliphatic heterocycles. The molecular formula is C30H39F2N5O6. The van der Waals surface area contributed by atoms with Gasteiger partial charge in [0.1, 0.15) is 29.8 Å². The third-order valence-corrected chi connectivity index (χ3v) is 5.45. The monoisotopic (exact) mass is 603 g/mol. The maximum absolute atomic E-state index is 14.4. The molecule has 11 nitrogen and oxygen atoms in total. The lowest BCUT2D eigenvalue weighted by atomic mass is 10.0. The Hall–Kier alpha value is -4.55. The van der Waals surface area contributed by atoms with Gasteiger partial charge in [-0.1, -0.05) is 24.3 Å². The Morgan fingerprint density at radius 1 is 0.814 bits per heavy atom. The van der Waals surface area contributed by atoms with Crippen LogP contribution in [0.1, 0.15) is 58.3 Å². The highest BCUT2D eigenvalue weighted by molar-refractivity contribution is 5.96. The summed E-state index contributed by atoms with van der Waals surface area (Å²) in [6.45, 7) is 9.47. The number of hydrogen-bond donors (Lipinski definition) is 5. The number of nitrogens with one attached hydrogen (secondary N) is 5. The Morgan fingerprint density at radius 2 is 1.47 bits per heavy atom. The third-order valence-electron chi connectivity index (χ3n) is 5.45. The summed E-state index contributed by atoms with van der Waals surface area (Å²) in [7, 11) is 0. The molecule has 0 aliphatic carbocycles. The van der Waals surface area contributed by atoms with E-state index < -0.39 is 71.5 Å². The van der Waals surface area contributed by atoms with E-state index in [1.165, 1.54) is 30.3 Å². The van der Waals surface area contributed by atoms with Gasteiger partial charge in [0.25, 0.3) is 5.91 Å². The molecule has 0 heterocycles. The Balaban J connectivity index is 1.99. The smallest absolute Gasteiger partial charge is 0.408 e. The molecule has 0 aliphatic rings. The SMILES string of the molecule is CC(C)(C)NC(=O)C[C@H](NC(=O)CNC(=O)OC(C)(C)C)C(=O)NCCNC(=O)c1cc(-c2ccccc2F)ccc1F. The number of rotatable bonds is 11. The maximum Gasteiger partial charge on any atom is 0.408 e. The van der Waals surface area contributed by atoms with Crippen molar-refractivity contribution in [3.63, 3.8) is 0 Å². The first-order chi connectivity index (χ1) is 19.9. The van der Waals surface area contributed by atoms with E-state index in [0.29, 0.717) is 5.56 Å². The first-order valence-corrected chi connectivity index (χ1v) is 13.6. The van der Waals surface area contributed by atoms with Gasteiger partial charge in [-0.3, -0.25) is 19.2 Å². The Bertz CT molecular complexity index is 1340. The molecule has 5 N–H and O–H groups in total. The van der Waals surface area contributed by atoms with Gasteiger partial charge in [-0.25, -0.2) is 13.6 Å². The maximum atomic E-state index is 14.4. The van der Waals surface area contributed by atoms with Gasteiger partial charge in [-0.2, -0.15) is 0 Å². The first kappa shape index (κ1) is 34.7. The normalized spacial score (nSPS) is 12.0. The van der Waals surface area contributed by atoms with Crippen LogP contribution in [0, 0.1) is 11.6 Å². The quantitative estimate of drug-likeness (QED) is 0.249. The molecule has 234 valence electrons. The standard InChI is InChI=1S/C30H39F2N5O6/c1-29(2,3)37-24(38)16-23(36-25(39)17-35-28(42)43-30(4,5)6)27(41)34-14-13-33-26(40)20-15-18(11-12-22(20)32)19-9-7-8-10-21(19)31/h7-12,15,23H,13-14,16-17H2,1-6H3,(H,33,40)(H,34,41)(H,35,42)(H,36,39)(H,37,38)/t23-/m0/s1. The minimum absolute atomic E-state index is 0.122. The average Bonchev–Trinajstić information content (AvgIpc) is 2.88. The highest BCUT2D eigenvalue weighted by Crippen LogP contribution is 2.24. The van der Waals surface area contributed by atoms with Crippen LogP contribution in [0.25, 0.3) is 11.1 Å². The van der Waals surface area contributed by atoms with Crippen LogP contribution >= 0.6 is 0 Å². The fraction of sp³-hybridized carbons (Fsp3) is 0.433. The second-order valence-corrected chi connectivity index (χ2v) is 11.7. The van der Waals surface area contributed by atoms with Gasteiger partial charge in [0.2, 0.25) is 17.7 Å². The predicted octanol–water partition coefficient (Wildman–Crippen LogP) is 2.79. The van der Waals surface area contributed by atoms with E-state index in [9.17, 15) is 32.8 Å². The van der Waals surface area contributed by atoms with Crippen LogP contribution in [0.3, 0.4) is 0 Å². The van der Waals surface area contributed by atoms with E-state index in [-0.39, 0.29) is 24.2 Å². The highest BCUT2D eigenvalue weighted by atomic mass is 19.1. The molecule has 2 aromatic rings. The van der Waals surface area contributed by atoms with Crippen LogP contribution in [0.4, 0.5) is 13.6 Å². The van der Waals surface area contributed by atoms with E-state index in [4.69, 9.17) is 4.74 Å². The molecule has 0 aromatic heterocycles. The zero-order chi connectivity index (χ0) is 32.4. The number of benzene rings is 2. The zero-order valence-corrected chi connectivity index (χ0v) is 25.2. The molecule has 0 fully saturated rings. The van der Waals surface area contributed by atoms with Gasteiger partial charge in [-0.05, 0) is 65.3 Å². The van der Waals surface area contributed by atoms with E-state index in [2.05, 4.69) is 26.6 Å². The van der Waals surface area contributed by atoms with Crippen LogP contribution in [0.15, 0.2) is 42.5 Å². The van der Waals surface area contributed by atoms with Crippen LogP contribution < -0.4 is 26.6 Å². The second-order valence-electron chi connectivity index (χ2n) is 11.7. The fourth-order valence-electron chi connectivity index (χ4n) is 3.72. The summed E-state index contributed by atoms with van der Waals surface area (Å²) in [5.74, 6) is -4.10. The zero-order valence-electron chi connectivity index (χ0n) is 25.2. The van der Waals surface area contributed by atoms with Gasteiger partial charge in [-0.15, -0.1) is 0 Å². The number of carbonyl (C=O) groups excluding carboxylic acids is 5. The van der Waals surface area contributed by atoms with Crippen LogP contribution in [0.5, 0.6) is 0 Å². The van der Waals surface area contributed by atoms with Gasteiger partial charge in [0, 0.05) is 24.2 Å². The van der Waals surface area contributed by atoms with Gasteiger partial charge in [0.15, 0.2) is 0 Å². The van der Waals surface area contributed by atoms with Crippen molar-refractivity contribution in [2.45, 2.75) is 65.1 Å². The lowest BCUT2D eigenvalue weighted by Crippen LogP contribution is -2.53. The summed E-state index contributed by atoms with van der Waals surface area (Å²) in [6, 6.07) is 8.23. The molecule has 5 amide bonds. The number of ether oxygens (including phenoxy) is 1. The van der Waals surface area contributed by atoms with Crippen molar-refractivity contribution < 1.29 is 37.5 Å². The third kappa shape index (κ3) is 12.5. The summed E-state index contributed by atoms with van der Waals surface area (Å²) < 4.78 is 33.6. The van der Waals surface area contributed by atoms with Crippen molar-refractivity contribution in [3.8, 4) is 11.1 Å². The summed E-state index contributed by atoms with van der Waals surface area (Å²) in [6.07, 6.45) is -1.23. The molecule has 2 rings (SSSR count). The summed E-state index contributed by atoms with van der Waals surface area (Å²) in [5, 5.41) is 12.4. The molecule has 0 unspecified atom stereocenters. The lowest BCUT2D eigenvalue weighted by Gasteiger charge is -2.24. The van der Waals surface area contributed by atoms with Crippen LogP contribution in [-0.2, 0) is 19.1 Å². The molecule has 0 saturated carbocycles. The predicted molar refractivity (Wildman–Crippen MR) is 156 cm³/mol. The molecule has 0 bridgehead atoms. The van der Waals surface area contributed by atoms with E-state index in [1.54, 1.807) is 47.6 Å². The molecule has 1 atom stereocenters. The van der Waals surface area contributed by atoms with E-state index in [1.807, 2.05) is 0 Å². The number of halogens is 2. The minimum Gasteiger partial charge on any atom is -0.444 e. The van der Waals surface area contributed by atoms with E-state index in [0.717, 1.165) is 6.07 Å². The fourth-order valence-corrected chi connectivity index (χ4v) is 3.72. The number of hydrogen-bond acceptors (Lipinski definition) is 6. The lowest BCUT2D eigenvalue weighted by molar-refractivity contribution is -0.132. The number of amides is 5. The first-order valence-electron chi connectivity index (χ1n) is 13.6. The highest BCUT2D eigenvalue weighted by Gasteiger charge is 2.26. The molecular weight excluding hydrogens is 564 g/mol. The molecule has 0 radical (unpaired) electrons. The van der Waals surface area contributed by atoms with Gasteiger partial charge in [0.05, 0.1) is 12.0 Å². The second kappa shape index (κ2) is 15.1. The largest absolute Gasteiger partial charge is 0.444 e. The molecule has 2 aromatic carbocycles. The van der Waals surface area contributed by atoms with Crippen LogP contribution in [-0.4, -0.2) is 66.5 Å². The van der Waals surface area contributed by atoms with Crippen molar-refractivity contribution in [3.05, 3.63) is 59.7 Å². The number of alkyl carbamates (subject to hydrolysis) is 1. The topological polar surface area (TPSA) is 155 Å². The van der Waals surface area contributed by atoms with Crippen LogP contribution in [0.2, 0.25) is 0 Å². The Kier molecular flexibility index (Phi) is 12.1. The summed E-state index contributed by atoms with van der Waals surface area (Å²) >= 11 is 0. The Labute approximate surface area is 249 Å². The molecule has 0 spiro atoms. The molecule has 13 heteroatoms. The van der Waals surface area contributed by atoms with E-state index >= 15 is 0 Å². The summed E-state index contributed by atoms with van der Waals surface area (Å²) in [5.41, 5.74) is -1.17. The van der Waals surface area contributed by atoms with Crippen molar-refractivity contribution in [1.82, 2.24) is 26.6 Å². The van der Waals surface area contributed by atoms with Gasteiger partial charge >= 0.3 is 6.09 Å². The van der Waals surface area contributed by atoms with Crippen molar-refractivity contribution in [1.29, 1.82) is 0 Å². The summed E-state index contributed by atoms with van der Waals surface area (Å²) in [4.78, 5) is 62.3. The molecule has 43 heavy (non-hydrogen) atoms. The van der Waals surface area contributed by atoms with Crippen molar-refractivity contribution >= 4 is 29.7 Å². The minimum atomic E-state index is -1.30. The Morgan fingerprint density at radius 3 is 2.09 bits per heavy atom. The molecule has 0 saturated heterocycles.